The van der Waals surface area contributed by atoms with Gasteiger partial charge in [0.25, 0.3) is 0 Å². The largest absolute Gasteiger partial charge is 0.492 e. The molecule has 0 aliphatic carbocycles. The summed E-state index contributed by atoms with van der Waals surface area (Å²) >= 11 is 0. The number of hydrogen-bond acceptors (Lipinski definition) is 3. The highest BCUT2D eigenvalue weighted by molar-refractivity contribution is 5.27. The van der Waals surface area contributed by atoms with Crippen molar-refractivity contribution in [1.29, 1.82) is 0 Å². The summed E-state index contributed by atoms with van der Waals surface area (Å²) in [6.45, 7) is 2.76. The second-order valence-corrected chi connectivity index (χ2v) is 5.48. The predicted octanol–water partition coefficient (Wildman–Crippen LogP) is 2.44. The van der Waals surface area contributed by atoms with Gasteiger partial charge in [-0.15, -0.1) is 0 Å². The van der Waals surface area contributed by atoms with Crippen LogP contribution in [0.1, 0.15) is 31.2 Å². The number of ether oxygens (including phenoxy) is 1. The normalized spacial score (nSPS) is 20.4. The summed E-state index contributed by atoms with van der Waals surface area (Å²) in [7, 11) is 2.20. The van der Waals surface area contributed by atoms with Crippen LogP contribution in [0.25, 0.3) is 0 Å². The fraction of sp³-hybridized carbons (Fsp3) is 0.625. The summed E-state index contributed by atoms with van der Waals surface area (Å²) < 4.78 is 5.91. The van der Waals surface area contributed by atoms with E-state index in [1.54, 1.807) is 0 Å². The van der Waals surface area contributed by atoms with Gasteiger partial charge in [-0.1, -0.05) is 18.6 Å². The minimum atomic E-state index is 0.575. The van der Waals surface area contributed by atoms with Crippen LogP contribution in [0.3, 0.4) is 0 Å². The zero-order valence-electron chi connectivity index (χ0n) is 12.0. The van der Waals surface area contributed by atoms with Crippen LogP contribution in [0.2, 0.25) is 0 Å². The number of benzene rings is 1. The number of likely N-dealkylation sites (tertiary alicyclic amines) is 1. The second kappa shape index (κ2) is 7.51. The molecule has 0 spiro atoms. The van der Waals surface area contributed by atoms with E-state index in [9.17, 15) is 0 Å². The molecule has 106 valence electrons. The van der Waals surface area contributed by atoms with Crippen LogP contribution in [0, 0.1) is 0 Å². The van der Waals surface area contributed by atoms with Crippen LogP contribution in [-0.2, 0) is 6.42 Å². The van der Waals surface area contributed by atoms with Crippen LogP contribution < -0.4 is 10.5 Å². The van der Waals surface area contributed by atoms with Crippen molar-refractivity contribution in [2.45, 2.75) is 38.1 Å². The molecule has 19 heavy (non-hydrogen) atoms. The molecule has 2 rings (SSSR count). The van der Waals surface area contributed by atoms with Crippen LogP contribution in [-0.4, -0.2) is 37.7 Å². The Bertz CT molecular complexity index is 364. The molecule has 1 aliphatic rings. The zero-order chi connectivity index (χ0) is 13.5. The maximum absolute atomic E-state index is 5.91. The van der Waals surface area contributed by atoms with Crippen LogP contribution in [0.4, 0.5) is 0 Å². The van der Waals surface area contributed by atoms with Crippen molar-refractivity contribution in [3.05, 3.63) is 29.8 Å². The van der Waals surface area contributed by atoms with Crippen molar-refractivity contribution in [3.8, 4) is 5.75 Å². The minimum absolute atomic E-state index is 0.575. The molecule has 0 saturated carbocycles. The average molecular weight is 262 g/mol. The number of hydrogen-bond donors (Lipinski definition) is 1. The van der Waals surface area contributed by atoms with Gasteiger partial charge >= 0.3 is 0 Å². The molecular weight excluding hydrogens is 236 g/mol. The Balaban J connectivity index is 1.79. The van der Waals surface area contributed by atoms with Crippen molar-refractivity contribution in [2.24, 2.45) is 5.73 Å². The Morgan fingerprint density at radius 2 is 2.05 bits per heavy atom. The summed E-state index contributed by atoms with van der Waals surface area (Å²) in [5.74, 6) is 0.982. The maximum atomic E-state index is 5.91. The summed E-state index contributed by atoms with van der Waals surface area (Å²) in [5.41, 5.74) is 6.86. The zero-order valence-corrected chi connectivity index (χ0v) is 12.0. The molecule has 1 aromatic rings. The summed E-state index contributed by atoms with van der Waals surface area (Å²) in [6.07, 6.45) is 6.01. The van der Waals surface area contributed by atoms with Gasteiger partial charge in [0.1, 0.15) is 12.4 Å². The molecule has 0 bridgehead atoms. The summed E-state index contributed by atoms with van der Waals surface area (Å²) in [4.78, 5) is 2.42. The number of piperidine rings is 1. The molecule has 2 N–H and O–H groups in total. The van der Waals surface area contributed by atoms with E-state index >= 15 is 0 Å². The topological polar surface area (TPSA) is 38.5 Å². The third-order valence-electron chi connectivity index (χ3n) is 3.96. The van der Waals surface area contributed by atoms with E-state index in [0.717, 1.165) is 31.7 Å². The van der Waals surface area contributed by atoms with Crippen LogP contribution >= 0.6 is 0 Å². The number of nitrogens with two attached hydrogens (primary N) is 1. The molecule has 1 unspecified atom stereocenters. The van der Waals surface area contributed by atoms with Gasteiger partial charge in [-0.25, -0.2) is 0 Å². The molecule has 1 aliphatic heterocycles. The Morgan fingerprint density at radius 3 is 2.74 bits per heavy atom. The van der Waals surface area contributed by atoms with Gasteiger partial charge in [-0.3, -0.25) is 0 Å². The number of nitrogens with zero attached hydrogens (tertiary/aromatic N) is 1. The monoisotopic (exact) mass is 262 g/mol. The lowest BCUT2D eigenvalue weighted by molar-refractivity contribution is 0.125. The molecule has 1 atom stereocenters. The second-order valence-electron chi connectivity index (χ2n) is 5.48. The molecule has 0 aromatic heterocycles. The highest BCUT2D eigenvalue weighted by Crippen LogP contribution is 2.18. The smallest absolute Gasteiger partial charge is 0.119 e. The van der Waals surface area contributed by atoms with Crippen molar-refractivity contribution in [2.75, 3.05) is 26.7 Å². The van der Waals surface area contributed by atoms with Crippen molar-refractivity contribution in [3.63, 3.8) is 0 Å². The molecule has 1 fully saturated rings. The number of likely N-dealkylation sites (N-methyl/N-ethyl adjacent to an activating group) is 1. The van der Waals surface area contributed by atoms with Gasteiger partial charge in [0.15, 0.2) is 0 Å². The molecule has 1 saturated heterocycles. The fourth-order valence-corrected chi connectivity index (χ4v) is 2.61. The van der Waals surface area contributed by atoms with E-state index in [0.29, 0.717) is 6.04 Å². The fourth-order valence-electron chi connectivity index (χ4n) is 2.61. The first-order valence-corrected chi connectivity index (χ1v) is 7.41. The van der Waals surface area contributed by atoms with E-state index in [4.69, 9.17) is 10.5 Å². The Labute approximate surface area is 116 Å². The number of aryl methyl sites for hydroxylation is 1. The van der Waals surface area contributed by atoms with Crippen LogP contribution in [0.15, 0.2) is 24.3 Å². The minimum Gasteiger partial charge on any atom is -0.492 e. The standard InChI is InChI=1S/C16H26N2O/c1-18-12-3-2-6-15(18)13-19-16-9-7-14(8-10-16)5-4-11-17/h7-10,15H,2-6,11-13,17H2,1H3. The lowest BCUT2D eigenvalue weighted by Crippen LogP contribution is -2.40. The predicted molar refractivity (Wildman–Crippen MR) is 79.6 cm³/mol. The highest BCUT2D eigenvalue weighted by Gasteiger charge is 2.19. The Hall–Kier alpha value is -1.06. The molecule has 3 heteroatoms. The first-order chi connectivity index (χ1) is 9.29. The van der Waals surface area contributed by atoms with E-state index < -0.39 is 0 Å². The van der Waals surface area contributed by atoms with Crippen molar-refractivity contribution in [1.82, 2.24) is 4.90 Å². The van der Waals surface area contributed by atoms with E-state index in [1.165, 1.54) is 31.4 Å². The van der Waals surface area contributed by atoms with Gasteiger partial charge in [-0.2, -0.15) is 0 Å². The SMILES string of the molecule is CN1CCCCC1COc1ccc(CCCN)cc1. The molecule has 1 heterocycles. The van der Waals surface area contributed by atoms with Gasteiger partial charge in [0, 0.05) is 6.04 Å². The third-order valence-corrected chi connectivity index (χ3v) is 3.96. The Morgan fingerprint density at radius 1 is 1.26 bits per heavy atom. The van der Waals surface area contributed by atoms with Crippen molar-refractivity contribution < 1.29 is 4.74 Å². The van der Waals surface area contributed by atoms with Gasteiger partial charge < -0.3 is 15.4 Å². The van der Waals surface area contributed by atoms with Gasteiger partial charge in [0.05, 0.1) is 0 Å². The molecule has 0 amide bonds. The highest BCUT2D eigenvalue weighted by atomic mass is 16.5. The first kappa shape index (κ1) is 14.4. The summed E-state index contributed by atoms with van der Waals surface area (Å²) in [6, 6.07) is 9.03. The molecular formula is C16H26N2O. The van der Waals surface area contributed by atoms with E-state index in [-0.39, 0.29) is 0 Å². The van der Waals surface area contributed by atoms with Gasteiger partial charge in [-0.05, 0) is 63.5 Å². The molecule has 3 nitrogen and oxygen atoms in total. The van der Waals surface area contributed by atoms with E-state index in [1.807, 2.05) is 0 Å². The lowest BCUT2D eigenvalue weighted by Gasteiger charge is -2.32. The maximum Gasteiger partial charge on any atom is 0.119 e. The van der Waals surface area contributed by atoms with E-state index in [2.05, 4.69) is 36.2 Å². The first-order valence-electron chi connectivity index (χ1n) is 7.41. The molecule has 0 radical (unpaired) electrons. The third kappa shape index (κ3) is 4.51. The Kier molecular flexibility index (Phi) is 5.67. The van der Waals surface area contributed by atoms with Crippen molar-refractivity contribution >= 4 is 0 Å². The lowest BCUT2D eigenvalue weighted by atomic mass is 10.0. The van der Waals surface area contributed by atoms with Gasteiger partial charge in [0.2, 0.25) is 0 Å². The number of rotatable bonds is 6. The van der Waals surface area contributed by atoms with Crippen LogP contribution in [0.5, 0.6) is 5.75 Å². The summed E-state index contributed by atoms with van der Waals surface area (Å²) in [5, 5.41) is 0. The quantitative estimate of drug-likeness (QED) is 0.856. The average Bonchev–Trinajstić information content (AvgIpc) is 2.45. The molecule has 1 aromatic carbocycles.